The molecule has 0 saturated carbocycles. The fourth-order valence-electron chi connectivity index (χ4n) is 1.17. The maximum absolute atomic E-state index is 11.5. The Labute approximate surface area is 105 Å². The number of aliphatic imine (C=N–C) groups is 2. The van der Waals surface area contributed by atoms with Gasteiger partial charge < -0.3 is 4.74 Å². The Morgan fingerprint density at radius 2 is 1.72 bits per heavy atom. The summed E-state index contributed by atoms with van der Waals surface area (Å²) in [6.07, 6.45) is 6.36. The molecule has 98 valence electrons. The highest BCUT2D eigenvalue weighted by atomic mass is 16.5. The first-order valence-corrected chi connectivity index (χ1v) is 5.71. The highest BCUT2D eigenvalue weighted by Gasteiger charge is 2.11. The van der Waals surface area contributed by atoms with Crippen molar-refractivity contribution in [3.05, 3.63) is 11.4 Å². The lowest BCUT2D eigenvalue weighted by Crippen LogP contribution is -2.08. The Morgan fingerprint density at radius 3 is 2.22 bits per heavy atom. The van der Waals surface area contributed by atoms with Gasteiger partial charge in [0.05, 0.1) is 12.2 Å². The van der Waals surface area contributed by atoms with Gasteiger partial charge in [0.25, 0.3) is 0 Å². The molecule has 0 radical (unpaired) electrons. The molecule has 0 bridgehead atoms. The molecular formula is C12H16N2O4. The number of unbranched alkanes of at least 4 members (excludes halogenated alkanes) is 3. The van der Waals surface area contributed by atoms with E-state index in [1.54, 1.807) is 0 Å². The summed E-state index contributed by atoms with van der Waals surface area (Å²) >= 11 is 0. The molecule has 0 heterocycles. The van der Waals surface area contributed by atoms with Crippen LogP contribution in [-0.4, -0.2) is 24.7 Å². The van der Waals surface area contributed by atoms with Crippen LogP contribution in [0.25, 0.3) is 0 Å². The van der Waals surface area contributed by atoms with Gasteiger partial charge in [-0.05, 0) is 13.3 Å². The molecule has 0 N–H and O–H groups in total. The summed E-state index contributed by atoms with van der Waals surface area (Å²) in [5.74, 6) is -0.974. The third kappa shape index (κ3) is 6.53. The molecular weight excluding hydrogens is 236 g/mol. The molecule has 0 aromatic rings. The number of hydrogen-bond donors (Lipinski definition) is 0. The molecule has 0 rings (SSSR count). The molecule has 0 aliphatic heterocycles. The third-order valence-electron chi connectivity index (χ3n) is 2.18. The Hall–Kier alpha value is -2.03. The SMILES string of the molecule is CCCCCCOC(=O)C(C)=C(N=C=O)N=C=O. The van der Waals surface area contributed by atoms with E-state index < -0.39 is 5.97 Å². The molecule has 0 atom stereocenters. The quantitative estimate of drug-likeness (QED) is 0.217. The number of esters is 1. The van der Waals surface area contributed by atoms with E-state index >= 15 is 0 Å². The van der Waals surface area contributed by atoms with Crippen molar-refractivity contribution in [2.24, 2.45) is 9.98 Å². The van der Waals surface area contributed by atoms with Gasteiger partial charge in [-0.15, -0.1) is 9.98 Å². The monoisotopic (exact) mass is 252 g/mol. The van der Waals surface area contributed by atoms with Crippen LogP contribution >= 0.6 is 0 Å². The van der Waals surface area contributed by atoms with Crippen molar-refractivity contribution in [2.75, 3.05) is 6.61 Å². The lowest BCUT2D eigenvalue weighted by molar-refractivity contribution is -0.139. The number of carbonyl (C=O) groups is 1. The van der Waals surface area contributed by atoms with Crippen LogP contribution in [0.4, 0.5) is 0 Å². The number of ether oxygens (including phenoxy) is 1. The van der Waals surface area contributed by atoms with Crippen LogP contribution in [0, 0.1) is 0 Å². The zero-order valence-electron chi connectivity index (χ0n) is 10.6. The van der Waals surface area contributed by atoms with E-state index in [9.17, 15) is 14.4 Å². The minimum Gasteiger partial charge on any atom is -0.462 e. The summed E-state index contributed by atoms with van der Waals surface area (Å²) in [5, 5.41) is 0. The van der Waals surface area contributed by atoms with Crippen LogP contribution in [0.2, 0.25) is 0 Å². The largest absolute Gasteiger partial charge is 0.462 e. The van der Waals surface area contributed by atoms with E-state index in [0.717, 1.165) is 25.7 Å². The summed E-state index contributed by atoms with van der Waals surface area (Å²) in [4.78, 5) is 37.9. The number of carbonyl (C=O) groups excluding carboxylic acids is 3. The molecule has 0 spiro atoms. The van der Waals surface area contributed by atoms with E-state index in [1.165, 1.54) is 19.1 Å². The highest BCUT2D eigenvalue weighted by molar-refractivity contribution is 5.88. The number of isocyanates is 2. The van der Waals surface area contributed by atoms with Crippen LogP contribution in [0.5, 0.6) is 0 Å². The summed E-state index contributed by atoms with van der Waals surface area (Å²) in [6.45, 7) is 3.74. The zero-order valence-corrected chi connectivity index (χ0v) is 10.6. The van der Waals surface area contributed by atoms with Gasteiger partial charge in [0.15, 0.2) is 5.82 Å². The lowest BCUT2D eigenvalue weighted by Gasteiger charge is -2.04. The summed E-state index contributed by atoms with van der Waals surface area (Å²) in [7, 11) is 0. The van der Waals surface area contributed by atoms with E-state index in [4.69, 9.17) is 4.74 Å². The van der Waals surface area contributed by atoms with Gasteiger partial charge in [0, 0.05) is 0 Å². The van der Waals surface area contributed by atoms with Crippen LogP contribution < -0.4 is 0 Å². The third-order valence-corrected chi connectivity index (χ3v) is 2.18. The van der Waals surface area contributed by atoms with E-state index in [1.807, 2.05) is 0 Å². The number of hydrogen-bond acceptors (Lipinski definition) is 6. The molecule has 6 nitrogen and oxygen atoms in total. The van der Waals surface area contributed by atoms with Crippen LogP contribution in [-0.2, 0) is 19.1 Å². The summed E-state index contributed by atoms with van der Waals surface area (Å²) in [6, 6.07) is 0. The van der Waals surface area contributed by atoms with Crippen LogP contribution in [0.3, 0.4) is 0 Å². The van der Waals surface area contributed by atoms with Gasteiger partial charge in [0.1, 0.15) is 0 Å². The fourth-order valence-corrected chi connectivity index (χ4v) is 1.17. The summed E-state index contributed by atoms with van der Waals surface area (Å²) < 4.78 is 4.95. The van der Waals surface area contributed by atoms with Gasteiger partial charge in [-0.1, -0.05) is 26.2 Å². The molecule has 18 heavy (non-hydrogen) atoms. The Balaban J connectivity index is 4.42. The van der Waals surface area contributed by atoms with Gasteiger partial charge in [-0.3, -0.25) is 0 Å². The molecule has 0 aromatic heterocycles. The lowest BCUT2D eigenvalue weighted by atomic mass is 10.2. The van der Waals surface area contributed by atoms with Crippen LogP contribution in [0.1, 0.15) is 39.5 Å². The van der Waals surface area contributed by atoms with E-state index in [0.29, 0.717) is 6.61 Å². The van der Waals surface area contributed by atoms with Crippen molar-refractivity contribution >= 4 is 18.1 Å². The van der Waals surface area contributed by atoms with Crippen molar-refractivity contribution in [1.29, 1.82) is 0 Å². The van der Waals surface area contributed by atoms with Gasteiger partial charge in [0.2, 0.25) is 12.2 Å². The second kappa shape index (κ2) is 10.1. The predicted molar refractivity (Wildman–Crippen MR) is 64.0 cm³/mol. The molecule has 0 fully saturated rings. The van der Waals surface area contributed by atoms with Crippen molar-refractivity contribution in [2.45, 2.75) is 39.5 Å². The molecule has 0 aliphatic rings. The average Bonchev–Trinajstić information content (AvgIpc) is 2.37. The number of rotatable bonds is 8. The molecule has 0 saturated heterocycles. The Morgan fingerprint density at radius 1 is 1.11 bits per heavy atom. The average molecular weight is 252 g/mol. The first-order valence-electron chi connectivity index (χ1n) is 5.71. The second-order valence-corrected chi connectivity index (χ2v) is 3.55. The maximum atomic E-state index is 11.5. The molecule has 0 aliphatic carbocycles. The van der Waals surface area contributed by atoms with Crippen LogP contribution in [0.15, 0.2) is 21.4 Å². The highest BCUT2D eigenvalue weighted by Crippen LogP contribution is 2.09. The minimum absolute atomic E-state index is 0.0165. The van der Waals surface area contributed by atoms with Gasteiger partial charge in [-0.2, -0.15) is 0 Å². The van der Waals surface area contributed by atoms with Crippen molar-refractivity contribution in [3.8, 4) is 0 Å². The smallest absolute Gasteiger partial charge is 0.337 e. The molecule has 6 heteroatoms. The first-order chi connectivity index (χ1) is 8.67. The first kappa shape index (κ1) is 16.0. The van der Waals surface area contributed by atoms with E-state index in [2.05, 4.69) is 16.9 Å². The second-order valence-electron chi connectivity index (χ2n) is 3.55. The molecule has 0 aromatic carbocycles. The van der Waals surface area contributed by atoms with Gasteiger partial charge in [-0.25, -0.2) is 14.4 Å². The topological polar surface area (TPSA) is 85.2 Å². The maximum Gasteiger partial charge on any atom is 0.337 e. The fraction of sp³-hybridized carbons (Fsp3) is 0.583. The van der Waals surface area contributed by atoms with E-state index in [-0.39, 0.29) is 11.4 Å². The van der Waals surface area contributed by atoms with Crippen molar-refractivity contribution < 1.29 is 19.1 Å². The summed E-state index contributed by atoms with van der Waals surface area (Å²) in [5.41, 5.74) is -0.0165. The standard InChI is InChI=1S/C12H16N2O4/c1-3-4-5-6-7-18-12(17)10(2)11(13-8-15)14-9-16/h3-7H2,1-2H3. The van der Waals surface area contributed by atoms with Crippen molar-refractivity contribution in [3.63, 3.8) is 0 Å². The Kier molecular flexibility index (Phi) is 9.00. The molecule has 0 unspecified atom stereocenters. The number of nitrogens with zero attached hydrogens (tertiary/aromatic N) is 2. The Bertz CT molecular complexity index is 382. The minimum atomic E-state index is -0.653. The predicted octanol–water partition coefficient (Wildman–Crippen LogP) is 2.01. The van der Waals surface area contributed by atoms with Crippen molar-refractivity contribution in [1.82, 2.24) is 0 Å². The molecule has 0 amide bonds. The normalized spacial score (nSPS) is 8.78. The zero-order chi connectivity index (χ0) is 13.8. The van der Waals surface area contributed by atoms with Gasteiger partial charge >= 0.3 is 5.97 Å².